The van der Waals surface area contributed by atoms with E-state index in [4.69, 9.17) is 15.2 Å². The van der Waals surface area contributed by atoms with Crippen molar-refractivity contribution < 1.29 is 14.6 Å². The van der Waals surface area contributed by atoms with Crippen LogP contribution < -0.4 is 15.2 Å². The molecule has 0 heterocycles. The second-order valence-electron chi connectivity index (χ2n) is 4.64. The number of aliphatic hydroxyl groups is 1. The molecule has 1 saturated carbocycles. The molecule has 2 rings (SSSR count). The molecule has 1 aromatic carbocycles. The zero-order valence-electron chi connectivity index (χ0n) is 10.3. The molecule has 0 spiro atoms. The van der Waals surface area contributed by atoms with Gasteiger partial charge in [-0.1, -0.05) is 0 Å². The van der Waals surface area contributed by atoms with Crippen LogP contribution in [0.2, 0.25) is 0 Å². The van der Waals surface area contributed by atoms with Crippen LogP contribution in [0, 0.1) is 0 Å². The lowest BCUT2D eigenvalue weighted by Gasteiger charge is -2.24. The molecule has 0 saturated heterocycles. The summed E-state index contributed by atoms with van der Waals surface area (Å²) in [6.45, 7) is 0. The number of hydrogen-bond acceptors (Lipinski definition) is 4. The van der Waals surface area contributed by atoms with Gasteiger partial charge in [0.15, 0.2) is 0 Å². The summed E-state index contributed by atoms with van der Waals surface area (Å²) in [6, 6.07) is 5.56. The number of methoxy groups -OCH3 is 2. The van der Waals surface area contributed by atoms with E-state index in [9.17, 15) is 5.11 Å². The smallest absolute Gasteiger partial charge is 0.122 e. The summed E-state index contributed by atoms with van der Waals surface area (Å²) in [5.74, 6) is 1.38. The summed E-state index contributed by atoms with van der Waals surface area (Å²) in [5.41, 5.74) is 5.84. The Morgan fingerprint density at radius 1 is 1.24 bits per heavy atom. The van der Waals surface area contributed by atoms with Crippen LogP contribution in [0.3, 0.4) is 0 Å². The molecule has 0 bridgehead atoms. The molecule has 2 atom stereocenters. The topological polar surface area (TPSA) is 64.7 Å². The predicted molar refractivity (Wildman–Crippen MR) is 65.3 cm³/mol. The van der Waals surface area contributed by atoms with Gasteiger partial charge in [-0.15, -0.1) is 0 Å². The lowest BCUT2D eigenvalue weighted by molar-refractivity contribution is 0.0426. The highest BCUT2D eigenvalue weighted by Gasteiger charge is 2.37. The number of benzene rings is 1. The molecule has 0 radical (unpaired) electrons. The Balaban J connectivity index is 2.37. The van der Waals surface area contributed by atoms with E-state index >= 15 is 0 Å². The molecular formula is C13H19NO3. The average Bonchev–Trinajstić information content (AvgIpc) is 2.70. The lowest BCUT2D eigenvalue weighted by atomic mass is 9.91. The highest BCUT2D eigenvalue weighted by Crippen LogP contribution is 2.40. The van der Waals surface area contributed by atoms with Gasteiger partial charge in [-0.05, 0) is 37.0 Å². The third-order valence-electron chi connectivity index (χ3n) is 3.42. The van der Waals surface area contributed by atoms with Gasteiger partial charge < -0.3 is 20.3 Å². The first-order valence-corrected chi connectivity index (χ1v) is 5.79. The number of hydrogen-bond donors (Lipinski definition) is 2. The summed E-state index contributed by atoms with van der Waals surface area (Å²) in [4.78, 5) is 0. The van der Waals surface area contributed by atoms with Crippen molar-refractivity contribution in [2.45, 2.75) is 30.9 Å². The highest BCUT2D eigenvalue weighted by molar-refractivity contribution is 5.41. The zero-order valence-corrected chi connectivity index (χ0v) is 10.3. The Hall–Kier alpha value is -1.26. The molecule has 1 aromatic rings. The molecule has 4 nitrogen and oxygen atoms in total. The fourth-order valence-corrected chi connectivity index (χ4v) is 2.40. The Morgan fingerprint density at radius 3 is 2.24 bits per heavy atom. The summed E-state index contributed by atoms with van der Waals surface area (Å²) >= 11 is 0. The molecule has 0 amide bonds. The van der Waals surface area contributed by atoms with Crippen LogP contribution in [0.1, 0.15) is 24.8 Å². The van der Waals surface area contributed by atoms with Gasteiger partial charge in [0, 0.05) is 12.1 Å². The standard InChI is InChI=1S/C13H19NO3/c1-16-11-5-9(6-12(7-11)17-2)13(15)4-3-10(14)8-13/h5-7,10,15H,3-4,8,14H2,1-2H3. The Bertz CT molecular complexity index is 385. The first-order valence-electron chi connectivity index (χ1n) is 5.79. The quantitative estimate of drug-likeness (QED) is 0.834. The number of nitrogens with two attached hydrogens (primary N) is 1. The van der Waals surface area contributed by atoms with Crippen LogP contribution >= 0.6 is 0 Å². The van der Waals surface area contributed by atoms with E-state index in [2.05, 4.69) is 0 Å². The number of ether oxygens (including phenoxy) is 2. The second kappa shape index (κ2) is 4.55. The van der Waals surface area contributed by atoms with Crippen LogP contribution in [0.4, 0.5) is 0 Å². The van der Waals surface area contributed by atoms with E-state index in [1.54, 1.807) is 20.3 Å². The van der Waals surface area contributed by atoms with Crippen molar-refractivity contribution in [1.82, 2.24) is 0 Å². The summed E-state index contributed by atoms with van der Waals surface area (Å²) < 4.78 is 10.4. The van der Waals surface area contributed by atoms with E-state index in [-0.39, 0.29) is 6.04 Å². The van der Waals surface area contributed by atoms with Crippen LogP contribution in [-0.2, 0) is 5.60 Å². The molecule has 0 aliphatic heterocycles. The summed E-state index contributed by atoms with van der Waals surface area (Å²) in [6.07, 6.45) is 2.11. The maximum atomic E-state index is 10.6. The van der Waals surface area contributed by atoms with Crippen molar-refractivity contribution in [2.75, 3.05) is 14.2 Å². The predicted octanol–water partition coefficient (Wildman–Crippen LogP) is 1.40. The first kappa shape index (κ1) is 12.2. The third kappa shape index (κ3) is 2.37. The fraction of sp³-hybridized carbons (Fsp3) is 0.538. The minimum Gasteiger partial charge on any atom is -0.497 e. The lowest BCUT2D eigenvalue weighted by Crippen LogP contribution is -2.25. The molecule has 0 aromatic heterocycles. The molecule has 1 fully saturated rings. The van der Waals surface area contributed by atoms with Crippen molar-refractivity contribution in [3.63, 3.8) is 0 Å². The van der Waals surface area contributed by atoms with Crippen molar-refractivity contribution in [1.29, 1.82) is 0 Å². The molecule has 94 valence electrons. The second-order valence-corrected chi connectivity index (χ2v) is 4.64. The van der Waals surface area contributed by atoms with E-state index < -0.39 is 5.60 Å². The molecular weight excluding hydrogens is 218 g/mol. The van der Waals surface area contributed by atoms with Gasteiger partial charge >= 0.3 is 0 Å². The Kier molecular flexibility index (Phi) is 3.26. The van der Waals surface area contributed by atoms with E-state index in [1.807, 2.05) is 12.1 Å². The number of rotatable bonds is 3. The van der Waals surface area contributed by atoms with Crippen LogP contribution in [-0.4, -0.2) is 25.4 Å². The van der Waals surface area contributed by atoms with Gasteiger partial charge in [-0.3, -0.25) is 0 Å². The Morgan fingerprint density at radius 2 is 1.82 bits per heavy atom. The Labute approximate surface area is 101 Å². The molecule has 3 N–H and O–H groups in total. The molecule has 1 aliphatic carbocycles. The van der Waals surface area contributed by atoms with Crippen molar-refractivity contribution in [3.8, 4) is 11.5 Å². The summed E-state index contributed by atoms with van der Waals surface area (Å²) in [5, 5.41) is 10.6. The highest BCUT2D eigenvalue weighted by atomic mass is 16.5. The van der Waals surface area contributed by atoms with Crippen molar-refractivity contribution >= 4 is 0 Å². The first-order chi connectivity index (χ1) is 8.07. The zero-order chi connectivity index (χ0) is 12.5. The largest absolute Gasteiger partial charge is 0.497 e. The van der Waals surface area contributed by atoms with E-state index in [0.29, 0.717) is 24.3 Å². The van der Waals surface area contributed by atoms with Crippen LogP contribution in [0.15, 0.2) is 18.2 Å². The summed E-state index contributed by atoms with van der Waals surface area (Å²) in [7, 11) is 3.20. The minimum absolute atomic E-state index is 0.0668. The van der Waals surface area contributed by atoms with E-state index in [1.165, 1.54) is 0 Å². The van der Waals surface area contributed by atoms with Crippen LogP contribution in [0.5, 0.6) is 11.5 Å². The monoisotopic (exact) mass is 237 g/mol. The van der Waals surface area contributed by atoms with Crippen molar-refractivity contribution in [2.24, 2.45) is 5.73 Å². The van der Waals surface area contributed by atoms with Crippen LogP contribution in [0.25, 0.3) is 0 Å². The normalized spacial score (nSPS) is 28.1. The minimum atomic E-state index is -0.846. The molecule has 4 heteroatoms. The van der Waals surface area contributed by atoms with Gasteiger partial charge in [-0.25, -0.2) is 0 Å². The van der Waals surface area contributed by atoms with Gasteiger partial charge in [0.05, 0.1) is 19.8 Å². The van der Waals surface area contributed by atoms with Gasteiger partial charge in [-0.2, -0.15) is 0 Å². The van der Waals surface area contributed by atoms with Crippen molar-refractivity contribution in [3.05, 3.63) is 23.8 Å². The maximum Gasteiger partial charge on any atom is 0.122 e. The van der Waals surface area contributed by atoms with E-state index in [0.717, 1.165) is 12.0 Å². The molecule has 1 aliphatic rings. The SMILES string of the molecule is COc1cc(OC)cc(C2(O)CCC(N)C2)c1. The maximum absolute atomic E-state index is 10.6. The van der Waals surface area contributed by atoms with Gasteiger partial charge in [0.1, 0.15) is 11.5 Å². The third-order valence-corrected chi connectivity index (χ3v) is 3.42. The fourth-order valence-electron chi connectivity index (χ4n) is 2.40. The molecule has 2 unspecified atom stereocenters. The van der Waals surface area contributed by atoms with Gasteiger partial charge in [0.2, 0.25) is 0 Å². The van der Waals surface area contributed by atoms with Gasteiger partial charge in [0.25, 0.3) is 0 Å². The molecule has 17 heavy (non-hydrogen) atoms. The average molecular weight is 237 g/mol.